The molecule has 5 nitrogen and oxygen atoms in total. The molecule has 0 radical (unpaired) electrons. The highest BCUT2D eigenvalue weighted by Crippen LogP contribution is 2.31. The summed E-state index contributed by atoms with van der Waals surface area (Å²) in [5.41, 5.74) is 2.65. The number of nitrogens with zero attached hydrogens (tertiary/aromatic N) is 1. The fourth-order valence-corrected chi connectivity index (χ4v) is 3.31. The van der Waals surface area contributed by atoms with Gasteiger partial charge in [-0.3, -0.25) is 9.79 Å². The maximum absolute atomic E-state index is 14.4. The van der Waals surface area contributed by atoms with E-state index in [2.05, 4.69) is 15.6 Å². The number of halogens is 1. The highest BCUT2D eigenvalue weighted by atomic mass is 19.1. The molecule has 1 amide bonds. The summed E-state index contributed by atoms with van der Waals surface area (Å²) in [6.07, 6.45) is 3.31. The van der Waals surface area contributed by atoms with Crippen molar-refractivity contribution in [3.63, 3.8) is 0 Å². The highest BCUT2D eigenvalue weighted by Gasteiger charge is 2.28. The molecule has 0 bridgehead atoms. The number of aliphatic imine (C=N–C) groups is 1. The van der Waals surface area contributed by atoms with Crippen LogP contribution in [0.5, 0.6) is 0 Å². The quantitative estimate of drug-likeness (QED) is 0.821. The van der Waals surface area contributed by atoms with E-state index in [0.717, 1.165) is 24.1 Å². The number of hydrogen-bond acceptors (Lipinski definition) is 4. The summed E-state index contributed by atoms with van der Waals surface area (Å²) < 4.78 is 19.7. The molecule has 2 N–H and O–H groups in total. The number of rotatable bonds is 4. The van der Waals surface area contributed by atoms with E-state index in [0.29, 0.717) is 24.6 Å². The van der Waals surface area contributed by atoms with Gasteiger partial charge >= 0.3 is 0 Å². The predicted octanol–water partition coefficient (Wildman–Crippen LogP) is 3.85. The Kier molecular flexibility index (Phi) is 4.67. The van der Waals surface area contributed by atoms with Crippen molar-refractivity contribution in [3.05, 3.63) is 53.8 Å². The molecule has 1 fully saturated rings. The van der Waals surface area contributed by atoms with Crippen LogP contribution >= 0.6 is 0 Å². The fourth-order valence-electron chi connectivity index (χ4n) is 3.31. The zero-order valence-electron chi connectivity index (χ0n) is 14.2. The molecule has 2 aliphatic rings. The van der Waals surface area contributed by atoms with E-state index in [9.17, 15) is 9.18 Å². The Bertz CT molecular complexity index is 847. The molecule has 4 rings (SSSR count). The van der Waals surface area contributed by atoms with Crippen LogP contribution in [0, 0.1) is 5.82 Å². The van der Waals surface area contributed by atoms with Crippen LogP contribution in [0.2, 0.25) is 0 Å². The second-order valence-electron chi connectivity index (χ2n) is 6.53. The average molecular weight is 353 g/mol. The van der Waals surface area contributed by atoms with Gasteiger partial charge in [0.05, 0.1) is 11.4 Å². The van der Waals surface area contributed by atoms with Crippen LogP contribution in [-0.2, 0) is 9.53 Å². The Hall–Kier alpha value is -2.73. The summed E-state index contributed by atoms with van der Waals surface area (Å²) in [6.45, 7) is 1.40. The third kappa shape index (κ3) is 3.46. The van der Waals surface area contributed by atoms with Gasteiger partial charge in [0, 0.05) is 37.2 Å². The van der Waals surface area contributed by atoms with Crippen LogP contribution in [0.25, 0.3) is 0 Å². The van der Waals surface area contributed by atoms with Crippen LogP contribution < -0.4 is 10.6 Å². The van der Waals surface area contributed by atoms with Crippen LogP contribution in [0.3, 0.4) is 0 Å². The van der Waals surface area contributed by atoms with Gasteiger partial charge in [-0.2, -0.15) is 0 Å². The molecule has 2 aromatic carbocycles. The Labute approximate surface area is 151 Å². The number of para-hydroxylation sites is 1. The standard InChI is InChI=1S/C20H20FN3O2/c21-17-11-14(5-6-19(17)23-13-7-9-26-10-8-13)22-12-16-15-3-1-2-4-18(15)24-20(16)25/h1-6,11-13,16,23H,7-10H2,(H,24,25). The van der Waals surface area contributed by atoms with Crippen LogP contribution in [0.1, 0.15) is 24.3 Å². The second kappa shape index (κ2) is 7.25. The third-order valence-corrected chi connectivity index (χ3v) is 4.74. The zero-order valence-corrected chi connectivity index (χ0v) is 14.2. The molecule has 0 aromatic heterocycles. The number of anilines is 2. The van der Waals surface area contributed by atoms with Crippen molar-refractivity contribution in [1.29, 1.82) is 0 Å². The van der Waals surface area contributed by atoms with E-state index in [1.165, 1.54) is 6.07 Å². The maximum atomic E-state index is 14.4. The lowest BCUT2D eigenvalue weighted by Crippen LogP contribution is -2.28. The van der Waals surface area contributed by atoms with Gasteiger partial charge in [0.1, 0.15) is 11.7 Å². The topological polar surface area (TPSA) is 62.7 Å². The van der Waals surface area contributed by atoms with E-state index in [1.54, 1.807) is 18.3 Å². The van der Waals surface area contributed by atoms with Gasteiger partial charge in [0.2, 0.25) is 5.91 Å². The lowest BCUT2D eigenvalue weighted by Gasteiger charge is -2.24. The van der Waals surface area contributed by atoms with Gasteiger partial charge in [0.15, 0.2) is 0 Å². The predicted molar refractivity (Wildman–Crippen MR) is 99.8 cm³/mol. The first-order chi connectivity index (χ1) is 12.7. The first-order valence-electron chi connectivity index (χ1n) is 8.78. The molecular formula is C20H20FN3O2. The first-order valence-corrected chi connectivity index (χ1v) is 8.78. The van der Waals surface area contributed by atoms with E-state index in [1.807, 2.05) is 24.3 Å². The van der Waals surface area contributed by atoms with Crippen LogP contribution in [0.4, 0.5) is 21.5 Å². The smallest absolute Gasteiger partial charge is 0.237 e. The van der Waals surface area contributed by atoms with Crippen molar-refractivity contribution in [3.8, 4) is 0 Å². The molecule has 0 aliphatic carbocycles. The van der Waals surface area contributed by atoms with Crippen molar-refractivity contribution in [2.24, 2.45) is 4.99 Å². The average Bonchev–Trinajstić information content (AvgIpc) is 2.98. The number of nitrogens with one attached hydrogen (secondary N) is 2. The maximum Gasteiger partial charge on any atom is 0.237 e. The summed E-state index contributed by atoms with van der Waals surface area (Å²) >= 11 is 0. The van der Waals surface area contributed by atoms with E-state index >= 15 is 0 Å². The largest absolute Gasteiger partial charge is 0.381 e. The molecule has 2 aromatic rings. The van der Waals surface area contributed by atoms with E-state index < -0.39 is 5.92 Å². The Balaban J connectivity index is 1.48. The summed E-state index contributed by atoms with van der Waals surface area (Å²) in [7, 11) is 0. The molecule has 0 saturated carbocycles. The Morgan fingerprint density at radius 3 is 2.81 bits per heavy atom. The van der Waals surface area contributed by atoms with Crippen LogP contribution in [-0.4, -0.2) is 31.4 Å². The fraction of sp³-hybridized carbons (Fsp3) is 0.300. The van der Waals surface area contributed by atoms with Crippen molar-refractivity contribution in [2.75, 3.05) is 23.8 Å². The number of amides is 1. The van der Waals surface area contributed by atoms with Gasteiger partial charge in [-0.25, -0.2) is 4.39 Å². The molecule has 0 spiro atoms. The number of carbonyl (C=O) groups excluding carboxylic acids is 1. The molecule has 6 heteroatoms. The summed E-state index contributed by atoms with van der Waals surface area (Å²) in [5.74, 6) is -0.912. The molecule has 1 saturated heterocycles. The minimum atomic E-state index is -0.450. The summed E-state index contributed by atoms with van der Waals surface area (Å²) in [6, 6.07) is 12.6. The lowest BCUT2D eigenvalue weighted by molar-refractivity contribution is -0.115. The SMILES string of the molecule is O=C1Nc2ccccc2C1C=Nc1ccc(NC2CCOCC2)c(F)c1. The third-order valence-electron chi connectivity index (χ3n) is 4.74. The monoisotopic (exact) mass is 353 g/mol. The molecule has 2 aliphatic heterocycles. The highest BCUT2D eigenvalue weighted by molar-refractivity contribution is 6.12. The minimum absolute atomic E-state index is 0.117. The summed E-state index contributed by atoms with van der Waals surface area (Å²) in [5, 5.41) is 6.05. The molecule has 26 heavy (non-hydrogen) atoms. The zero-order chi connectivity index (χ0) is 17.9. The normalized spacial score (nSPS) is 20.2. The van der Waals surface area contributed by atoms with Crippen molar-refractivity contribution in [1.82, 2.24) is 0 Å². The summed E-state index contributed by atoms with van der Waals surface area (Å²) in [4.78, 5) is 16.4. The Morgan fingerprint density at radius 1 is 1.19 bits per heavy atom. The molecular weight excluding hydrogens is 333 g/mol. The molecule has 134 valence electrons. The number of hydrogen-bond donors (Lipinski definition) is 2. The van der Waals surface area contributed by atoms with Gasteiger partial charge in [-0.15, -0.1) is 0 Å². The lowest BCUT2D eigenvalue weighted by atomic mass is 10.0. The first kappa shape index (κ1) is 16.7. The van der Waals surface area contributed by atoms with Crippen LogP contribution in [0.15, 0.2) is 47.5 Å². The van der Waals surface area contributed by atoms with E-state index in [4.69, 9.17) is 4.74 Å². The van der Waals surface area contributed by atoms with Crippen molar-refractivity contribution < 1.29 is 13.9 Å². The van der Waals surface area contributed by atoms with Gasteiger partial charge in [0.25, 0.3) is 0 Å². The second-order valence-corrected chi connectivity index (χ2v) is 6.53. The van der Waals surface area contributed by atoms with Crippen molar-refractivity contribution >= 4 is 29.2 Å². The molecule has 2 heterocycles. The molecule has 1 unspecified atom stereocenters. The van der Waals surface area contributed by atoms with Crippen molar-refractivity contribution in [2.45, 2.75) is 24.8 Å². The number of carbonyl (C=O) groups is 1. The van der Waals surface area contributed by atoms with Gasteiger partial charge < -0.3 is 15.4 Å². The number of ether oxygens (including phenoxy) is 1. The van der Waals surface area contributed by atoms with Gasteiger partial charge in [-0.05, 0) is 36.6 Å². The number of fused-ring (bicyclic) bond motifs is 1. The van der Waals surface area contributed by atoms with Gasteiger partial charge in [-0.1, -0.05) is 18.2 Å². The van der Waals surface area contributed by atoms with E-state index in [-0.39, 0.29) is 17.8 Å². The Morgan fingerprint density at radius 2 is 2.00 bits per heavy atom. The number of benzene rings is 2. The molecule has 1 atom stereocenters. The minimum Gasteiger partial charge on any atom is -0.381 e.